The average Bonchev–Trinajstić information content (AvgIpc) is 3.04. The van der Waals surface area contributed by atoms with Crippen molar-refractivity contribution in [3.05, 3.63) is 0 Å². The van der Waals surface area contributed by atoms with Gasteiger partial charge in [0.2, 0.25) is 0 Å². The van der Waals surface area contributed by atoms with Crippen LogP contribution in [0.15, 0.2) is 4.99 Å². The molecule has 0 radical (unpaired) electrons. The van der Waals surface area contributed by atoms with E-state index in [4.69, 9.17) is 9.73 Å². The zero-order valence-corrected chi connectivity index (χ0v) is 18.7. The van der Waals surface area contributed by atoms with Crippen molar-refractivity contribution < 1.29 is 4.74 Å². The van der Waals surface area contributed by atoms with E-state index in [9.17, 15) is 0 Å². The van der Waals surface area contributed by atoms with Gasteiger partial charge in [0, 0.05) is 65.4 Å². The number of halogens is 1. The summed E-state index contributed by atoms with van der Waals surface area (Å²) in [5.41, 5.74) is 0. The number of likely N-dealkylation sites (tertiary alicyclic amines) is 1. The summed E-state index contributed by atoms with van der Waals surface area (Å²) in [5, 5.41) is 3.45. The van der Waals surface area contributed by atoms with Crippen molar-refractivity contribution in [1.82, 2.24) is 20.0 Å². The number of nitrogens with zero attached hydrogens (tertiary/aromatic N) is 4. The van der Waals surface area contributed by atoms with Crippen LogP contribution < -0.4 is 5.32 Å². The quantitative estimate of drug-likeness (QED) is 0.254. The van der Waals surface area contributed by atoms with Crippen LogP contribution in [0.2, 0.25) is 0 Å². The summed E-state index contributed by atoms with van der Waals surface area (Å²) in [6, 6.07) is 0. The summed E-state index contributed by atoms with van der Waals surface area (Å²) < 4.78 is 5.30. The molecule has 0 amide bonds. The first-order chi connectivity index (χ1) is 11.7. The monoisotopic (exact) mass is 467 g/mol. The molecule has 2 fully saturated rings. The van der Waals surface area contributed by atoms with Gasteiger partial charge < -0.3 is 24.8 Å². The predicted molar refractivity (Wildman–Crippen MR) is 116 cm³/mol. The molecule has 0 saturated carbocycles. The highest BCUT2D eigenvalue weighted by Gasteiger charge is 2.24. The number of nitrogens with one attached hydrogen (secondary N) is 1. The fourth-order valence-corrected chi connectivity index (χ4v) is 3.53. The maximum atomic E-state index is 5.30. The van der Waals surface area contributed by atoms with Gasteiger partial charge in [0.15, 0.2) is 5.96 Å². The molecule has 1 N–H and O–H groups in total. The van der Waals surface area contributed by atoms with Crippen LogP contribution >= 0.6 is 24.0 Å². The molecule has 2 heterocycles. The van der Waals surface area contributed by atoms with E-state index in [0.717, 1.165) is 38.7 Å². The van der Waals surface area contributed by atoms with Crippen molar-refractivity contribution >= 4 is 29.9 Å². The molecule has 0 aromatic heterocycles. The van der Waals surface area contributed by atoms with E-state index in [1.165, 1.54) is 52.0 Å². The van der Waals surface area contributed by atoms with E-state index in [2.05, 4.69) is 34.0 Å². The first-order valence-electron chi connectivity index (χ1n) is 9.66. The number of piperazine rings is 1. The van der Waals surface area contributed by atoms with Crippen molar-refractivity contribution in [1.29, 1.82) is 0 Å². The molecule has 148 valence electrons. The normalized spacial score (nSPS) is 22.9. The average molecular weight is 467 g/mol. The molecule has 0 aromatic rings. The molecule has 6 nitrogen and oxygen atoms in total. The maximum absolute atomic E-state index is 5.30. The Bertz CT molecular complexity index is 374. The Balaban J connectivity index is 0.00000312. The van der Waals surface area contributed by atoms with Crippen molar-refractivity contribution in [2.45, 2.75) is 26.2 Å². The molecule has 0 spiro atoms. The van der Waals surface area contributed by atoms with E-state index >= 15 is 0 Å². The Hall–Kier alpha value is -0.120. The van der Waals surface area contributed by atoms with Gasteiger partial charge in [-0.3, -0.25) is 4.99 Å². The van der Waals surface area contributed by atoms with Crippen LogP contribution in [0, 0.1) is 5.92 Å². The van der Waals surface area contributed by atoms with Crippen LogP contribution in [-0.4, -0.2) is 100 Å². The predicted octanol–water partition coefficient (Wildman–Crippen LogP) is 1.57. The molecule has 1 atom stereocenters. The van der Waals surface area contributed by atoms with Gasteiger partial charge in [0.05, 0.1) is 6.61 Å². The summed E-state index contributed by atoms with van der Waals surface area (Å²) in [5.74, 6) is 1.74. The number of guanidine groups is 1. The lowest BCUT2D eigenvalue weighted by Crippen LogP contribution is -2.44. The Morgan fingerprint density at radius 3 is 2.60 bits per heavy atom. The molecule has 2 aliphatic rings. The van der Waals surface area contributed by atoms with E-state index in [1.54, 1.807) is 7.11 Å². The zero-order chi connectivity index (χ0) is 17.2. The van der Waals surface area contributed by atoms with Crippen LogP contribution in [-0.2, 0) is 4.74 Å². The van der Waals surface area contributed by atoms with Gasteiger partial charge in [-0.2, -0.15) is 0 Å². The Kier molecular flexibility index (Phi) is 12.0. The molecule has 2 rings (SSSR count). The minimum Gasteiger partial charge on any atom is -0.384 e. The fraction of sp³-hybridized carbons (Fsp3) is 0.944. The summed E-state index contributed by atoms with van der Waals surface area (Å²) in [4.78, 5) is 12.2. The third kappa shape index (κ3) is 8.41. The highest BCUT2D eigenvalue weighted by atomic mass is 127. The van der Waals surface area contributed by atoms with Gasteiger partial charge >= 0.3 is 0 Å². The first-order valence-corrected chi connectivity index (χ1v) is 9.66. The molecule has 1 unspecified atom stereocenters. The highest BCUT2D eigenvalue weighted by molar-refractivity contribution is 14.0. The van der Waals surface area contributed by atoms with E-state index in [1.807, 2.05) is 0 Å². The molecule has 0 aliphatic carbocycles. The minimum absolute atomic E-state index is 0. The number of ether oxygens (including phenoxy) is 1. The van der Waals surface area contributed by atoms with Gasteiger partial charge in [-0.15, -0.1) is 24.0 Å². The lowest BCUT2D eigenvalue weighted by atomic mass is 10.1. The molecular formula is C18H38IN5O. The topological polar surface area (TPSA) is 43.3 Å². The van der Waals surface area contributed by atoms with Gasteiger partial charge in [-0.1, -0.05) is 0 Å². The number of aliphatic imine (C=N–C) groups is 1. The third-order valence-corrected chi connectivity index (χ3v) is 5.06. The lowest BCUT2D eigenvalue weighted by molar-refractivity contribution is 0.152. The van der Waals surface area contributed by atoms with Crippen LogP contribution in [0.1, 0.15) is 26.2 Å². The smallest absolute Gasteiger partial charge is 0.193 e. The number of hydrogen-bond donors (Lipinski definition) is 1. The molecule has 2 saturated heterocycles. The second kappa shape index (κ2) is 13.1. The summed E-state index contributed by atoms with van der Waals surface area (Å²) >= 11 is 0. The fourth-order valence-electron chi connectivity index (χ4n) is 3.53. The van der Waals surface area contributed by atoms with Crippen LogP contribution in [0.3, 0.4) is 0 Å². The van der Waals surface area contributed by atoms with Gasteiger partial charge in [-0.05, 0) is 39.8 Å². The summed E-state index contributed by atoms with van der Waals surface area (Å²) in [7, 11) is 4.01. The first kappa shape index (κ1) is 22.9. The molecule has 25 heavy (non-hydrogen) atoms. The second-order valence-electron chi connectivity index (χ2n) is 7.14. The number of likely N-dealkylation sites (N-methyl/N-ethyl adjacent to an activating group) is 1. The van der Waals surface area contributed by atoms with E-state index in [0.29, 0.717) is 5.92 Å². The molecule has 0 aromatic carbocycles. The van der Waals surface area contributed by atoms with Crippen molar-refractivity contribution in [2.24, 2.45) is 10.9 Å². The number of methoxy groups -OCH3 is 1. The molecule has 2 aliphatic heterocycles. The van der Waals surface area contributed by atoms with Crippen molar-refractivity contribution in [3.63, 3.8) is 0 Å². The van der Waals surface area contributed by atoms with E-state index in [-0.39, 0.29) is 24.0 Å². The van der Waals surface area contributed by atoms with E-state index < -0.39 is 0 Å². The van der Waals surface area contributed by atoms with Gasteiger partial charge in [0.1, 0.15) is 0 Å². The highest BCUT2D eigenvalue weighted by Crippen LogP contribution is 2.16. The SMILES string of the molecule is CCNC(=NCCCCN1CCN(C)CC1)N1CCC(COC)C1.I. The number of unbranched alkanes of at least 4 members (excludes halogenated alkanes) is 1. The van der Waals surface area contributed by atoms with Crippen LogP contribution in [0.5, 0.6) is 0 Å². The minimum atomic E-state index is 0. The lowest BCUT2D eigenvalue weighted by Gasteiger charge is -2.32. The number of rotatable bonds is 8. The van der Waals surface area contributed by atoms with Gasteiger partial charge in [0.25, 0.3) is 0 Å². The largest absolute Gasteiger partial charge is 0.384 e. The molecular weight excluding hydrogens is 429 g/mol. The Morgan fingerprint density at radius 2 is 1.92 bits per heavy atom. The second-order valence-corrected chi connectivity index (χ2v) is 7.14. The van der Waals surface area contributed by atoms with Crippen molar-refractivity contribution in [2.75, 3.05) is 79.7 Å². The molecule has 7 heteroatoms. The summed E-state index contributed by atoms with van der Waals surface area (Å²) in [6.45, 7) is 13.1. The zero-order valence-electron chi connectivity index (χ0n) is 16.4. The Labute approximate surface area is 171 Å². The van der Waals surface area contributed by atoms with Crippen LogP contribution in [0.25, 0.3) is 0 Å². The standard InChI is InChI=1S/C18H37N5O.HI/c1-4-19-18(23-10-7-17(15-23)16-24-3)20-8-5-6-9-22-13-11-21(2)12-14-22;/h17H,4-16H2,1-3H3,(H,19,20);1H. The van der Waals surface area contributed by atoms with Crippen molar-refractivity contribution in [3.8, 4) is 0 Å². The summed E-state index contributed by atoms with van der Waals surface area (Å²) in [6.07, 6.45) is 3.64. The third-order valence-electron chi connectivity index (χ3n) is 5.06. The Morgan fingerprint density at radius 1 is 1.16 bits per heavy atom. The molecule has 0 bridgehead atoms. The van der Waals surface area contributed by atoms with Gasteiger partial charge in [-0.25, -0.2) is 0 Å². The van der Waals surface area contributed by atoms with Crippen LogP contribution in [0.4, 0.5) is 0 Å². The number of hydrogen-bond acceptors (Lipinski definition) is 4. The maximum Gasteiger partial charge on any atom is 0.193 e.